The number of hydrogen-bond acceptors (Lipinski definition) is 4. The number of aromatic hydroxyl groups is 1. The number of phenols is 1. The Labute approximate surface area is 157 Å². The Kier molecular flexibility index (Phi) is 6.73. The van der Waals surface area contributed by atoms with Crippen molar-refractivity contribution in [2.45, 2.75) is 31.7 Å². The highest BCUT2D eigenvalue weighted by molar-refractivity contribution is 7.92. The molecule has 1 amide bonds. The number of halogens is 2. The number of nitrogens with one attached hydrogen (secondary N) is 1. The summed E-state index contributed by atoms with van der Waals surface area (Å²) in [5, 5.41) is 11.3. The number of hydrogen-bond donors (Lipinski definition) is 2. The molecule has 1 aliphatic heterocycles. The monoisotopic (exact) mass is 406 g/mol. The third kappa shape index (κ3) is 5.60. The third-order valence-corrected chi connectivity index (χ3v) is 5.95. The van der Waals surface area contributed by atoms with Crippen molar-refractivity contribution in [2.75, 3.05) is 13.1 Å². The van der Waals surface area contributed by atoms with Crippen molar-refractivity contribution in [3.05, 3.63) is 39.7 Å². The Hall–Kier alpha value is -1.28. The van der Waals surface area contributed by atoms with E-state index in [4.69, 9.17) is 23.2 Å². The molecule has 0 aliphatic carbocycles. The Morgan fingerprint density at radius 1 is 1.32 bits per heavy atom. The van der Waals surface area contributed by atoms with Gasteiger partial charge in [0.15, 0.2) is 0 Å². The summed E-state index contributed by atoms with van der Waals surface area (Å²) in [6.45, 7) is 4.23. The van der Waals surface area contributed by atoms with Crippen molar-refractivity contribution in [3.63, 3.8) is 0 Å². The highest BCUT2D eigenvalue weighted by Gasteiger charge is 2.25. The molecule has 1 aromatic carbocycles. The van der Waals surface area contributed by atoms with E-state index in [2.05, 4.69) is 11.3 Å². The van der Waals surface area contributed by atoms with Crippen LogP contribution in [0.2, 0.25) is 10.0 Å². The Balaban J connectivity index is 1.85. The van der Waals surface area contributed by atoms with Gasteiger partial charge < -0.3 is 10.0 Å². The van der Waals surface area contributed by atoms with Gasteiger partial charge in [-0.05, 0) is 30.9 Å². The summed E-state index contributed by atoms with van der Waals surface area (Å²) in [6, 6.07) is 2.73. The second kappa shape index (κ2) is 8.40. The van der Waals surface area contributed by atoms with Crippen LogP contribution >= 0.6 is 23.2 Å². The number of carbonyl (C=O) groups excluding carboxylic acids is 1. The highest BCUT2D eigenvalue weighted by Crippen LogP contribution is 2.30. The topological polar surface area (TPSA) is 86.7 Å². The van der Waals surface area contributed by atoms with Gasteiger partial charge in [0.2, 0.25) is 15.9 Å². The fourth-order valence-electron chi connectivity index (χ4n) is 2.70. The first-order chi connectivity index (χ1) is 11.7. The molecule has 6 nitrogen and oxygen atoms in total. The fourth-order valence-corrected chi connectivity index (χ4v) is 3.85. The zero-order valence-corrected chi connectivity index (χ0v) is 15.9. The minimum Gasteiger partial charge on any atom is -0.508 e. The van der Waals surface area contributed by atoms with E-state index in [1.165, 1.54) is 6.07 Å². The SMILES string of the molecule is C=CS(=O)(=O)NC1CCN(C(=O)CCc2cc(Cl)c(Cl)cc2O)CC1. The Morgan fingerprint density at radius 2 is 1.92 bits per heavy atom. The second-order valence-corrected chi connectivity index (χ2v) is 8.35. The summed E-state index contributed by atoms with van der Waals surface area (Å²) in [7, 11) is -3.46. The van der Waals surface area contributed by atoms with Crippen molar-refractivity contribution in [2.24, 2.45) is 0 Å². The number of rotatable bonds is 6. The van der Waals surface area contributed by atoms with Gasteiger partial charge in [0.05, 0.1) is 10.0 Å². The zero-order chi connectivity index (χ0) is 18.6. The van der Waals surface area contributed by atoms with Crippen LogP contribution in [0, 0.1) is 0 Å². The lowest BCUT2D eigenvalue weighted by Gasteiger charge is -2.32. The molecule has 138 valence electrons. The molecular formula is C16H20Cl2N2O4S. The third-order valence-electron chi connectivity index (χ3n) is 4.13. The van der Waals surface area contributed by atoms with Crippen LogP contribution in [-0.2, 0) is 21.2 Å². The normalized spacial score (nSPS) is 16.0. The van der Waals surface area contributed by atoms with Gasteiger partial charge in [0.1, 0.15) is 5.75 Å². The van der Waals surface area contributed by atoms with E-state index >= 15 is 0 Å². The first kappa shape index (κ1) is 20.0. The molecule has 0 aromatic heterocycles. The molecule has 1 saturated heterocycles. The van der Waals surface area contributed by atoms with E-state index in [0.717, 1.165) is 5.41 Å². The number of phenolic OH excluding ortho intramolecular Hbond substituents is 1. The molecule has 1 aliphatic rings. The van der Waals surface area contributed by atoms with Gasteiger partial charge in [-0.2, -0.15) is 0 Å². The molecule has 0 saturated carbocycles. The summed E-state index contributed by atoms with van der Waals surface area (Å²) >= 11 is 11.7. The number of sulfonamides is 1. The molecule has 0 unspecified atom stereocenters. The van der Waals surface area contributed by atoms with Crippen LogP contribution in [0.5, 0.6) is 5.75 Å². The van der Waals surface area contributed by atoms with E-state index in [1.54, 1.807) is 11.0 Å². The quantitative estimate of drug-likeness (QED) is 0.759. The van der Waals surface area contributed by atoms with Crippen molar-refractivity contribution >= 4 is 39.1 Å². The zero-order valence-electron chi connectivity index (χ0n) is 13.5. The van der Waals surface area contributed by atoms with Crippen molar-refractivity contribution in [1.82, 2.24) is 9.62 Å². The van der Waals surface area contributed by atoms with Gasteiger partial charge in [-0.1, -0.05) is 29.8 Å². The fraction of sp³-hybridized carbons (Fsp3) is 0.438. The Bertz CT molecular complexity index is 760. The van der Waals surface area contributed by atoms with Crippen LogP contribution in [0.15, 0.2) is 24.1 Å². The predicted octanol–water partition coefficient (Wildman–Crippen LogP) is 2.69. The lowest BCUT2D eigenvalue weighted by molar-refractivity contribution is -0.132. The standard InChI is InChI=1S/C16H20Cl2N2O4S/c1-2-25(23,24)19-12-5-7-20(8-6-12)16(22)4-3-11-9-13(17)14(18)10-15(11)21/h2,9-10,12,19,21H,1,3-8H2. The van der Waals surface area contributed by atoms with Gasteiger partial charge in [-0.15, -0.1) is 0 Å². The molecule has 0 spiro atoms. The minimum atomic E-state index is -3.46. The lowest BCUT2D eigenvalue weighted by atomic mass is 10.0. The van der Waals surface area contributed by atoms with E-state index in [0.29, 0.717) is 42.9 Å². The molecule has 1 heterocycles. The summed E-state index contributed by atoms with van der Waals surface area (Å²) in [5.74, 6) is -0.0322. The number of aryl methyl sites for hydroxylation is 1. The van der Waals surface area contributed by atoms with Crippen LogP contribution in [-0.4, -0.2) is 43.5 Å². The van der Waals surface area contributed by atoms with E-state index < -0.39 is 10.0 Å². The molecule has 0 radical (unpaired) electrons. The smallest absolute Gasteiger partial charge is 0.233 e. The van der Waals surface area contributed by atoms with Crippen molar-refractivity contribution < 1.29 is 18.3 Å². The minimum absolute atomic E-state index is 0.0136. The number of amides is 1. The first-order valence-electron chi connectivity index (χ1n) is 7.81. The molecule has 25 heavy (non-hydrogen) atoms. The lowest BCUT2D eigenvalue weighted by Crippen LogP contribution is -2.46. The number of piperidine rings is 1. The van der Waals surface area contributed by atoms with Gasteiger partial charge in [0.25, 0.3) is 0 Å². The van der Waals surface area contributed by atoms with E-state index in [9.17, 15) is 18.3 Å². The van der Waals surface area contributed by atoms with Crippen LogP contribution in [0.1, 0.15) is 24.8 Å². The summed E-state index contributed by atoms with van der Waals surface area (Å²) in [6.07, 6.45) is 1.69. The van der Waals surface area contributed by atoms with E-state index in [-0.39, 0.29) is 29.1 Å². The van der Waals surface area contributed by atoms with Crippen molar-refractivity contribution in [1.29, 1.82) is 0 Å². The molecular weight excluding hydrogens is 387 g/mol. The molecule has 1 fully saturated rings. The number of carbonyl (C=O) groups is 1. The molecule has 9 heteroatoms. The van der Waals surface area contributed by atoms with Crippen LogP contribution < -0.4 is 4.72 Å². The predicted molar refractivity (Wildman–Crippen MR) is 98.3 cm³/mol. The number of nitrogens with zero attached hydrogens (tertiary/aromatic N) is 1. The number of likely N-dealkylation sites (tertiary alicyclic amines) is 1. The first-order valence-corrected chi connectivity index (χ1v) is 10.1. The summed E-state index contributed by atoms with van der Waals surface area (Å²) < 4.78 is 25.5. The average Bonchev–Trinajstić information content (AvgIpc) is 2.57. The van der Waals surface area contributed by atoms with Crippen molar-refractivity contribution in [3.8, 4) is 5.75 Å². The molecule has 2 N–H and O–H groups in total. The van der Waals surface area contributed by atoms with Crippen LogP contribution in [0.3, 0.4) is 0 Å². The van der Waals surface area contributed by atoms with Crippen LogP contribution in [0.4, 0.5) is 0 Å². The maximum absolute atomic E-state index is 12.3. The van der Waals surface area contributed by atoms with Gasteiger partial charge in [-0.3, -0.25) is 4.79 Å². The summed E-state index contributed by atoms with van der Waals surface area (Å²) in [5.41, 5.74) is 0.566. The van der Waals surface area contributed by atoms with Gasteiger partial charge >= 0.3 is 0 Å². The highest BCUT2D eigenvalue weighted by atomic mass is 35.5. The maximum Gasteiger partial charge on any atom is 0.233 e. The molecule has 0 atom stereocenters. The number of benzene rings is 1. The molecule has 1 aromatic rings. The van der Waals surface area contributed by atoms with Gasteiger partial charge in [-0.25, -0.2) is 13.1 Å². The largest absolute Gasteiger partial charge is 0.508 e. The summed E-state index contributed by atoms with van der Waals surface area (Å²) in [4.78, 5) is 14.0. The molecule has 0 bridgehead atoms. The van der Waals surface area contributed by atoms with E-state index in [1.807, 2.05) is 0 Å². The van der Waals surface area contributed by atoms with Gasteiger partial charge in [0, 0.05) is 37.0 Å². The molecule has 2 rings (SSSR count). The maximum atomic E-state index is 12.3. The Morgan fingerprint density at radius 3 is 2.52 bits per heavy atom. The van der Waals surface area contributed by atoms with Crippen LogP contribution in [0.25, 0.3) is 0 Å². The second-order valence-electron chi connectivity index (χ2n) is 5.88. The average molecular weight is 407 g/mol.